The van der Waals surface area contributed by atoms with E-state index in [1.165, 1.54) is 5.57 Å². The number of likely N-dealkylation sites (N-methyl/N-ethyl adjacent to an activating group) is 1. The number of hydrogen-bond acceptors (Lipinski definition) is 1. The topological polar surface area (TPSA) is 3.24 Å². The lowest BCUT2D eigenvalue weighted by atomic mass is 10.1. The first-order valence-electron chi connectivity index (χ1n) is 3.86. The second kappa shape index (κ2) is 2.91. The highest BCUT2D eigenvalue weighted by Gasteiger charge is 2.07. The average molecular weight is 137 g/mol. The van der Waals surface area contributed by atoms with Gasteiger partial charge in [-0.3, -0.25) is 0 Å². The van der Waals surface area contributed by atoms with E-state index < -0.39 is 0 Å². The van der Waals surface area contributed by atoms with Crippen LogP contribution >= 0.6 is 0 Å². The van der Waals surface area contributed by atoms with E-state index in [4.69, 9.17) is 0 Å². The van der Waals surface area contributed by atoms with Gasteiger partial charge < -0.3 is 4.90 Å². The molecule has 0 bridgehead atoms. The SMILES string of the molecule is CCN1C=CC(C)=CC1C. The highest BCUT2D eigenvalue weighted by molar-refractivity contribution is 5.22. The molecular formula is C9H15N. The normalized spacial score (nSPS) is 24.9. The lowest BCUT2D eigenvalue weighted by Gasteiger charge is -2.27. The molecule has 0 N–H and O–H groups in total. The molecule has 0 saturated heterocycles. The van der Waals surface area contributed by atoms with Crippen LogP contribution < -0.4 is 0 Å². The maximum absolute atomic E-state index is 2.31. The van der Waals surface area contributed by atoms with E-state index in [-0.39, 0.29) is 0 Å². The van der Waals surface area contributed by atoms with Crippen LogP contribution in [0.15, 0.2) is 23.9 Å². The lowest BCUT2D eigenvalue weighted by molar-refractivity contribution is 0.348. The molecule has 0 fully saturated rings. The Morgan fingerprint density at radius 3 is 2.80 bits per heavy atom. The lowest BCUT2D eigenvalue weighted by Crippen LogP contribution is -2.27. The van der Waals surface area contributed by atoms with Gasteiger partial charge in [0, 0.05) is 12.6 Å². The molecule has 1 rings (SSSR count). The Hall–Kier alpha value is -0.720. The van der Waals surface area contributed by atoms with Crippen LogP contribution in [0.4, 0.5) is 0 Å². The molecule has 10 heavy (non-hydrogen) atoms. The third kappa shape index (κ3) is 1.41. The van der Waals surface area contributed by atoms with E-state index in [2.05, 4.69) is 44.0 Å². The van der Waals surface area contributed by atoms with Crippen LogP contribution in [0.2, 0.25) is 0 Å². The molecule has 1 nitrogen and oxygen atoms in total. The van der Waals surface area contributed by atoms with Crippen molar-refractivity contribution in [3.63, 3.8) is 0 Å². The summed E-state index contributed by atoms with van der Waals surface area (Å²) in [5, 5.41) is 0. The van der Waals surface area contributed by atoms with Crippen molar-refractivity contribution in [1.29, 1.82) is 0 Å². The van der Waals surface area contributed by atoms with Crippen LogP contribution in [-0.4, -0.2) is 17.5 Å². The van der Waals surface area contributed by atoms with Crippen LogP contribution in [0.3, 0.4) is 0 Å². The molecule has 0 spiro atoms. The zero-order valence-corrected chi connectivity index (χ0v) is 6.96. The van der Waals surface area contributed by atoms with Gasteiger partial charge in [-0.1, -0.05) is 11.6 Å². The second-order valence-corrected chi connectivity index (χ2v) is 2.80. The maximum Gasteiger partial charge on any atom is 0.0444 e. The van der Waals surface area contributed by atoms with Gasteiger partial charge in [0.25, 0.3) is 0 Å². The molecule has 0 aromatic rings. The average Bonchev–Trinajstić information content (AvgIpc) is 1.88. The zero-order valence-electron chi connectivity index (χ0n) is 6.96. The molecule has 0 aliphatic carbocycles. The van der Waals surface area contributed by atoms with Crippen molar-refractivity contribution in [3.8, 4) is 0 Å². The molecule has 1 aliphatic heterocycles. The summed E-state index contributed by atoms with van der Waals surface area (Å²) in [6.45, 7) is 7.63. The quantitative estimate of drug-likeness (QED) is 0.535. The molecule has 56 valence electrons. The molecule has 0 amide bonds. The fourth-order valence-corrected chi connectivity index (χ4v) is 1.27. The molecule has 0 radical (unpaired) electrons. The number of allylic oxidation sites excluding steroid dienone is 2. The largest absolute Gasteiger partial charge is 0.372 e. The summed E-state index contributed by atoms with van der Waals surface area (Å²) in [4.78, 5) is 2.31. The number of hydrogen-bond donors (Lipinski definition) is 0. The van der Waals surface area contributed by atoms with Gasteiger partial charge in [0.2, 0.25) is 0 Å². The van der Waals surface area contributed by atoms with Gasteiger partial charge in [0.1, 0.15) is 0 Å². The van der Waals surface area contributed by atoms with Gasteiger partial charge in [0.05, 0.1) is 0 Å². The Balaban J connectivity index is 2.64. The first-order valence-corrected chi connectivity index (χ1v) is 3.86. The highest BCUT2D eigenvalue weighted by atomic mass is 15.1. The minimum absolute atomic E-state index is 0.579. The van der Waals surface area contributed by atoms with Crippen molar-refractivity contribution in [2.45, 2.75) is 26.8 Å². The molecule has 0 aromatic heterocycles. The van der Waals surface area contributed by atoms with Gasteiger partial charge in [-0.25, -0.2) is 0 Å². The first kappa shape index (κ1) is 7.39. The summed E-state index contributed by atoms with van der Waals surface area (Å²) in [5.74, 6) is 0. The van der Waals surface area contributed by atoms with Crippen molar-refractivity contribution < 1.29 is 0 Å². The summed E-state index contributed by atoms with van der Waals surface area (Å²) in [6, 6.07) is 0.579. The van der Waals surface area contributed by atoms with Crippen molar-refractivity contribution in [2.75, 3.05) is 6.54 Å². The number of rotatable bonds is 1. The Morgan fingerprint density at radius 1 is 1.60 bits per heavy atom. The van der Waals surface area contributed by atoms with Gasteiger partial charge in [-0.15, -0.1) is 0 Å². The molecule has 1 aliphatic rings. The molecular weight excluding hydrogens is 122 g/mol. The van der Waals surface area contributed by atoms with Gasteiger partial charge in [-0.05, 0) is 33.0 Å². The van der Waals surface area contributed by atoms with Crippen LogP contribution in [0.1, 0.15) is 20.8 Å². The van der Waals surface area contributed by atoms with E-state index in [9.17, 15) is 0 Å². The monoisotopic (exact) mass is 137 g/mol. The van der Waals surface area contributed by atoms with Crippen molar-refractivity contribution in [1.82, 2.24) is 4.90 Å². The fourth-order valence-electron chi connectivity index (χ4n) is 1.27. The van der Waals surface area contributed by atoms with Crippen LogP contribution in [0.25, 0.3) is 0 Å². The summed E-state index contributed by atoms with van der Waals surface area (Å²) in [7, 11) is 0. The molecule has 1 heteroatoms. The summed E-state index contributed by atoms with van der Waals surface area (Å²) >= 11 is 0. The molecule has 0 aromatic carbocycles. The van der Waals surface area contributed by atoms with Crippen LogP contribution in [-0.2, 0) is 0 Å². The third-order valence-corrected chi connectivity index (χ3v) is 1.92. The standard InChI is InChI=1S/C9H15N/c1-4-10-6-5-8(2)7-9(10)3/h5-7,9H,4H2,1-3H3. The minimum Gasteiger partial charge on any atom is -0.372 e. The van der Waals surface area contributed by atoms with E-state index in [1.54, 1.807) is 0 Å². The highest BCUT2D eigenvalue weighted by Crippen LogP contribution is 2.11. The maximum atomic E-state index is 2.31. The van der Waals surface area contributed by atoms with E-state index >= 15 is 0 Å². The van der Waals surface area contributed by atoms with E-state index in [0.29, 0.717) is 6.04 Å². The predicted molar refractivity (Wildman–Crippen MR) is 44.7 cm³/mol. The Bertz CT molecular complexity index is 168. The van der Waals surface area contributed by atoms with Crippen molar-refractivity contribution >= 4 is 0 Å². The Morgan fingerprint density at radius 2 is 2.30 bits per heavy atom. The Labute approximate surface area is 63.0 Å². The summed E-state index contributed by atoms with van der Waals surface area (Å²) in [6.07, 6.45) is 6.60. The van der Waals surface area contributed by atoms with Crippen molar-refractivity contribution in [2.24, 2.45) is 0 Å². The van der Waals surface area contributed by atoms with Gasteiger partial charge in [0.15, 0.2) is 0 Å². The van der Waals surface area contributed by atoms with Crippen LogP contribution in [0, 0.1) is 0 Å². The Kier molecular flexibility index (Phi) is 2.15. The van der Waals surface area contributed by atoms with Crippen molar-refractivity contribution in [3.05, 3.63) is 23.9 Å². The molecule has 1 heterocycles. The smallest absolute Gasteiger partial charge is 0.0444 e. The third-order valence-electron chi connectivity index (χ3n) is 1.92. The predicted octanol–water partition coefficient (Wildman–Crippen LogP) is 2.17. The van der Waals surface area contributed by atoms with Gasteiger partial charge >= 0.3 is 0 Å². The molecule has 0 saturated carbocycles. The second-order valence-electron chi connectivity index (χ2n) is 2.80. The minimum atomic E-state index is 0.579. The van der Waals surface area contributed by atoms with Gasteiger partial charge in [-0.2, -0.15) is 0 Å². The number of nitrogens with zero attached hydrogens (tertiary/aromatic N) is 1. The van der Waals surface area contributed by atoms with E-state index in [1.807, 2.05) is 0 Å². The molecule has 1 atom stereocenters. The zero-order chi connectivity index (χ0) is 7.56. The summed E-state index contributed by atoms with van der Waals surface area (Å²) in [5.41, 5.74) is 1.37. The fraction of sp³-hybridized carbons (Fsp3) is 0.556. The van der Waals surface area contributed by atoms with E-state index in [0.717, 1.165) is 6.54 Å². The first-order chi connectivity index (χ1) is 4.74. The summed E-state index contributed by atoms with van der Waals surface area (Å²) < 4.78 is 0. The van der Waals surface area contributed by atoms with Crippen LogP contribution in [0.5, 0.6) is 0 Å². The molecule has 1 unspecified atom stereocenters.